The van der Waals surface area contributed by atoms with Crippen molar-refractivity contribution in [3.63, 3.8) is 0 Å². The van der Waals surface area contributed by atoms with E-state index in [2.05, 4.69) is 15.0 Å². The summed E-state index contributed by atoms with van der Waals surface area (Å²) in [5.74, 6) is -1.18. The van der Waals surface area contributed by atoms with Crippen LogP contribution in [0, 0.1) is 19.7 Å². The number of carbonyl (C=O) groups excluding carboxylic acids is 1. The van der Waals surface area contributed by atoms with Crippen molar-refractivity contribution in [2.45, 2.75) is 18.7 Å². The fourth-order valence-electron chi connectivity index (χ4n) is 3.05. The van der Waals surface area contributed by atoms with Crippen molar-refractivity contribution < 1.29 is 17.6 Å². The van der Waals surface area contributed by atoms with E-state index in [1.165, 1.54) is 30.3 Å². The first-order chi connectivity index (χ1) is 14.7. The summed E-state index contributed by atoms with van der Waals surface area (Å²) in [6, 6.07) is 15.6. The van der Waals surface area contributed by atoms with Gasteiger partial charge in [-0.25, -0.2) is 17.8 Å². The molecule has 3 aromatic carbocycles. The zero-order valence-electron chi connectivity index (χ0n) is 16.6. The van der Waals surface area contributed by atoms with Gasteiger partial charge in [0, 0.05) is 5.69 Å². The van der Waals surface area contributed by atoms with Crippen molar-refractivity contribution in [1.29, 1.82) is 0 Å². The van der Waals surface area contributed by atoms with Crippen LogP contribution in [0.4, 0.5) is 15.2 Å². The average molecular weight is 456 g/mol. The highest BCUT2D eigenvalue weighted by atomic mass is 32.2. The number of nitrogens with zero attached hydrogens (tertiary/aromatic N) is 1. The monoisotopic (exact) mass is 455 g/mol. The Balaban J connectivity index is 1.61. The quantitative estimate of drug-likeness (QED) is 0.438. The number of benzene rings is 3. The molecule has 31 heavy (non-hydrogen) atoms. The Morgan fingerprint density at radius 1 is 1.03 bits per heavy atom. The molecule has 0 radical (unpaired) electrons. The summed E-state index contributed by atoms with van der Waals surface area (Å²) in [6.45, 7) is 3.68. The molecule has 2 N–H and O–H groups in total. The Labute approximate surface area is 182 Å². The van der Waals surface area contributed by atoms with Crippen molar-refractivity contribution in [2.75, 3.05) is 10.0 Å². The molecule has 0 spiro atoms. The van der Waals surface area contributed by atoms with E-state index in [1.807, 2.05) is 6.92 Å². The van der Waals surface area contributed by atoms with Crippen molar-refractivity contribution in [1.82, 2.24) is 4.98 Å². The number of hydrogen-bond donors (Lipinski definition) is 2. The number of nitrogens with one attached hydrogen (secondary N) is 2. The van der Waals surface area contributed by atoms with Gasteiger partial charge in [-0.05, 0) is 55.8 Å². The van der Waals surface area contributed by atoms with Crippen LogP contribution < -0.4 is 10.0 Å². The van der Waals surface area contributed by atoms with Crippen LogP contribution in [0.15, 0.2) is 65.6 Å². The lowest BCUT2D eigenvalue weighted by atomic mass is 10.1. The first kappa shape index (κ1) is 21.0. The van der Waals surface area contributed by atoms with Gasteiger partial charge in [0.05, 0.1) is 20.7 Å². The average Bonchev–Trinajstić information content (AvgIpc) is 3.10. The lowest BCUT2D eigenvalue weighted by molar-refractivity contribution is 0.102. The number of aryl methyl sites for hydroxylation is 2. The molecule has 0 aliphatic carbocycles. The summed E-state index contributed by atoms with van der Waals surface area (Å²) in [4.78, 5) is 16.9. The lowest BCUT2D eigenvalue weighted by Gasteiger charge is -2.07. The first-order valence-corrected chi connectivity index (χ1v) is 11.6. The molecule has 6 nitrogen and oxygen atoms in total. The molecule has 9 heteroatoms. The van der Waals surface area contributed by atoms with Crippen LogP contribution in [0.5, 0.6) is 0 Å². The van der Waals surface area contributed by atoms with E-state index in [0.717, 1.165) is 22.5 Å². The number of halogens is 1. The SMILES string of the molecule is Cc1ccc(S(=O)(=O)Nc2nc3c(C)cc(NC(=O)c4ccccc4F)cc3s2)cc1. The van der Waals surface area contributed by atoms with Gasteiger partial charge in [0.25, 0.3) is 15.9 Å². The van der Waals surface area contributed by atoms with Gasteiger partial charge in [-0.1, -0.05) is 41.2 Å². The normalized spacial score (nSPS) is 11.5. The first-order valence-electron chi connectivity index (χ1n) is 9.29. The van der Waals surface area contributed by atoms with Crippen molar-refractivity contribution in [3.05, 3.63) is 83.2 Å². The Morgan fingerprint density at radius 3 is 2.45 bits per heavy atom. The maximum absolute atomic E-state index is 13.9. The number of rotatable bonds is 5. The summed E-state index contributed by atoms with van der Waals surface area (Å²) < 4.78 is 42.3. The highest BCUT2D eigenvalue weighted by molar-refractivity contribution is 7.93. The Hall–Kier alpha value is -3.30. The van der Waals surface area contributed by atoms with Gasteiger partial charge in [0.1, 0.15) is 5.82 Å². The molecule has 0 aliphatic rings. The fourth-order valence-corrected chi connectivity index (χ4v) is 5.27. The molecule has 0 bridgehead atoms. The van der Waals surface area contributed by atoms with E-state index in [1.54, 1.807) is 37.3 Å². The Bertz CT molecular complexity index is 1400. The summed E-state index contributed by atoms with van der Waals surface area (Å²) in [5.41, 5.74) is 2.74. The number of anilines is 2. The van der Waals surface area contributed by atoms with Gasteiger partial charge in [-0.3, -0.25) is 9.52 Å². The second-order valence-corrected chi connectivity index (χ2v) is 9.72. The predicted molar refractivity (Wildman–Crippen MR) is 121 cm³/mol. The highest BCUT2D eigenvalue weighted by Crippen LogP contribution is 2.32. The topological polar surface area (TPSA) is 88.2 Å². The maximum atomic E-state index is 13.9. The molecule has 158 valence electrons. The van der Waals surface area contributed by atoms with E-state index >= 15 is 0 Å². The second kappa shape index (κ2) is 8.09. The van der Waals surface area contributed by atoms with Crippen LogP contribution in [-0.4, -0.2) is 19.3 Å². The highest BCUT2D eigenvalue weighted by Gasteiger charge is 2.18. The van der Waals surface area contributed by atoms with Crippen molar-refractivity contribution in [2.24, 2.45) is 0 Å². The standard InChI is InChI=1S/C22H18FN3O3S2/c1-13-7-9-16(10-8-13)31(28,29)26-22-25-20-14(2)11-15(12-19(20)30-22)24-21(27)17-5-3-4-6-18(17)23/h3-12H,1-2H3,(H,24,27)(H,25,26). The minimum atomic E-state index is -3.77. The third kappa shape index (κ3) is 4.42. The maximum Gasteiger partial charge on any atom is 0.263 e. The predicted octanol–water partition coefficient (Wildman–Crippen LogP) is 5.11. The van der Waals surface area contributed by atoms with Gasteiger partial charge in [0.2, 0.25) is 0 Å². The minimum absolute atomic E-state index is 0.0592. The number of aromatic nitrogens is 1. The van der Waals surface area contributed by atoms with Gasteiger partial charge >= 0.3 is 0 Å². The van der Waals surface area contributed by atoms with Crippen molar-refractivity contribution in [3.8, 4) is 0 Å². The summed E-state index contributed by atoms with van der Waals surface area (Å²) in [6.07, 6.45) is 0. The van der Waals surface area contributed by atoms with E-state index in [0.29, 0.717) is 15.9 Å². The van der Waals surface area contributed by atoms with E-state index in [9.17, 15) is 17.6 Å². The van der Waals surface area contributed by atoms with Crippen LogP contribution in [0.1, 0.15) is 21.5 Å². The Kier molecular flexibility index (Phi) is 5.47. The van der Waals surface area contributed by atoms with Crippen LogP contribution in [0.3, 0.4) is 0 Å². The van der Waals surface area contributed by atoms with Crippen molar-refractivity contribution >= 4 is 48.3 Å². The van der Waals surface area contributed by atoms with Crippen LogP contribution in [0.2, 0.25) is 0 Å². The molecular weight excluding hydrogens is 437 g/mol. The number of hydrogen-bond acceptors (Lipinski definition) is 5. The number of sulfonamides is 1. The fraction of sp³-hybridized carbons (Fsp3) is 0.0909. The Morgan fingerprint density at radius 2 is 1.74 bits per heavy atom. The summed E-state index contributed by atoms with van der Waals surface area (Å²) >= 11 is 1.15. The van der Waals surface area contributed by atoms with E-state index < -0.39 is 21.7 Å². The summed E-state index contributed by atoms with van der Waals surface area (Å²) in [5, 5.41) is 2.90. The van der Waals surface area contributed by atoms with Gasteiger partial charge in [-0.15, -0.1) is 0 Å². The largest absolute Gasteiger partial charge is 0.322 e. The number of amides is 1. The van der Waals surface area contributed by atoms with E-state index in [-0.39, 0.29) is 15.6 Å². The number of fused-ring (bicyclic) bond motifs is 1. The second-order valence-electron chi connectivity index (χ2n) is 7.01. The van der Waals surface area contributed by atoms with Gasteiger partial charge < -0.3 is 5.32 Å². The summed E-state index contributed by atoms with van der Waals surface area (Å²) in [7, 11) is -3.77. The van der Waals surface area contributed by atoms with E-state index in [4.69, 9.17) is 0 Å². The molecule has 4 aromatic rings. The minimum Gasteiger partial charge on any atom is -0.322 e. The molecular formula is C22H18FN3O3S2. The molecule has 1 heterocycles. The molecule has 1 aromatic heterocycles. The smallest absolute Gasteiger partial charge is 0.263 e. The van der Waals surface area contributed by atoms with Crippen LogP contribution in [0.25, 0.3) is 10.2 Å². The zero-order valence-corrected chi connectivity index (χ0v) is 18.3. The lowest BCUT2D eigenvalue weighted by Crippen LogP contribution is -2.13. The molecule has 0 atom stereocenters. The third-order valence-corrected chi connectivity index (χ3v) is 7.02. The zero-order chi connectivity index (χ0) is 22.2. The molecule has 0 aliphatic heterocycles. The van der Waals surface area contributed by atoms with Crippen LogP contribution in [-0.2, 0) is 10.0 Å². The third-order valence-electron chi connectivity index (χ3n) is 4.61. The molecule has 1 amide bonds. The number of thiazole rings is 1. The molecule has 0 saturated carbocycles. The van der Waals surface area contributed by atoms with Gasteiger partial charge in [0.15, 0.2) is 5.13 Å². The molecule has 0 fully saturated rings. The van der Waals surface area contributed by atoms with Gasteiger partial charge in [-0.2, -0.15) is 0 Å². The molecule has 4 rings (SSSR count). The molecule has 0 saturated heterocycles. The molecule has 0 unspecified atom stereocenters. The number of carbonyl (C=O) groups is 1. The van der Waals surface area contributed by atoms with Crippen LogP contribution >= 0.6 is 11.3 Å².